The van der Waals surface area contributed by atoms with E-state index in [2.05, 4.69) is 19.7 Å². The molecule has 16 heavy (non-hydrogen) atoms. The van der Waals surface area contributed by atoms with E-state index in [9.17, 15) is 10.2 Å². The Morgan fingerprint density at radius 1 is 1.12 bits per heavy atom. The first kappa shape index (κ1) is 15.1. The van der Waals surface area contributed by atoms with Gasteiger partial charge in [0.2, 0.25) is 0 Å². The quantitative estimate of drug-likeness (QED) is 0.591. The van der Waals surface area contributed by atoms with Crippen LogP contribution < -0.4 is 0 Å². The van der Waals surface area contributed by atoms with E-state index in [1.807, 2.05) is 6.92 Å². The molecule has 0 radical (unpaired) electrons. The second kappa shape index (κ2) is 7.42. The van der Waals surface area contributed by atoms with Gasteiger partial charge in [0.1, 0.15) is 0 Å². The van der Waals surface area contributed by atoms with Crippen molar-refractivity contribution < 1.29 is 10.2 Å². The SMILES string of the molecule is C=CCC(C(O)CC)C(O)(CC=C)CC=C. The Morgan fingerprint density at radius 3 is 1.94 bits per heavy atom. The van der Waals surface area contributed by atoms with Crippen LogP contribution in [0.15, 0.2) is 38.0 Å². The Morgan fingerprint density at radius 2 is 1.62 bits per heavy atom. The van der Waals surface area contributed by atoms with Crippen LogP contribution in [0.5, 0.6) is 0 Å². The van der Waals surface area contributed by atoms with Crippen molar-refractivity contribution in [1.29, 1.82) is 0 Å². The molecule has 0 rings (SSSR count). The summed E-state index contributed by atoms with van der Waals surface area (Å²) in [6.45, 7) is 12.9. The largest absolute Gasteiger partial charge is 0.393 e. The third-order valence-electron chi connectivity index (χ3n) is 2.99. The van der Waals surface area contributed by atoms with E-state index in [4.69, 9.17) is 0 Å². The Bertz CT molecular complexity index is 223. The van der Waals surface area contributed by atoms with Gasteiger partial charge in [-0.1, -0.05) is 25.2 Å². The van der Waals surface area contributed by atoms with Crippen molar-refractivity contribution in [3.05, 3.63) is 38.0 Å². The summed E-state index contributed by atoms with van der Waals surface area (Å²) >= 11 is 0. The average molecular weight is 224 g/mol. The van der Waals surface area contributed by atoms with Crippen molar-refractivity contribution in [2.45, 2.75) is 44.3 Å². The number of allylic oxidation sites excluding steroid dienone is 1. The lowest BCUT2D eigenvalue weighted by molar-refractivity contribution is -0.0674. The molecule has 0 aliphatic rings. The van der Waals surface area contributed by atoms with Crippen LogP contribution in [0.25, 0.3) is 0 Å². The highest BCUT2D eigenvalue weighted by molar-refractivity contribution is 5.00. The maximum Gasteiger partial charge on any atom is 0.0771 e. The zero-order valence-electron chi connectivity index (χ0n) is 10.2. The molecule has 0 fully saturated rings. The van der Waals surface area contributed by atoms with Gasteiger partial charge < -0.3 is 10.2 Å². The van der Waals surface area contributed by atoms with Gasteiger partial charge in [-0.3, -0.25) is 0 Å². The number of aliphatic hydroxyl groups is 2. The topological polar surface area (TPSA) is 40.5 Å². The number of hydrogen-bond donors (Lipinski definition) is 2. The Kier molecular flexibility index (Phi) is 7.02. The van der Waals surface area contributed by atoms with Gasteiger partial charge in [-0.05, 0) is 25.7 Å². The number of hydrogen-bond acceptors (Lipinski definition) is 2. The highest BCUT2D eigenvalue weighted by Crippen LogP contribution is 2.33. The van der Waals surface area contributed by atoms with Crippen LogP contribution in [-0.4, -0.2) is 21.9 Å². The number of aliphatic hydroxyl groups excluding tert-OH is 1. The molecule has 0 spiro atoms. The molecule has 2 nitrogen and oxygen atoms in total. The van der Waals surface area contributed by atoms with E-state index in [0.717, 1.165) is 0 Å². The van der Waals surface area contributed by atoms with Crippen molar-refractivity contribution in [1.82, 2.24) is 0 Å². The molecule has 92 valence electrons. The zero-order chi connectivity index (χ0) is 12.6. The molecule has 0 heterocycles. The second-order valence-electron chi connectivity index (χ2n) is 4.20. The summed E-state index contributed by atoms with van der Waals surface area (Å²) in [4.78, 5) is 0. The maximum atomic E-state index is 10.6. The summed E-state index contributed by atoms with van der Waals surface area (Å²) in [5.41, 5.74) is -0.965. The van der Waals surface area contributed by atoms with Crippen molar-refractivity contribution in [2.24, 2.45) is 5.92 Å². The molecule has 0 bridgehead atoms. The minimum Gasteiger partial charge on any atom is -0.393 e. The molecule has 0 amide bonds. The molecule has 2 N–H and O–H groups in total. The molecule has 0 aromatic rings. The fraction of sp³-hybridized carbons (Fsp3) is 0.571. The van der Waals surface area contributed by atoms with E-state index < -0.39 is 11.7 Å². The second-order valence-corrected chi connectivity index (χ2v) is 4.20. The summed E-state index contributed by atoms with van der Waals surface area (Å²) in [5.74, 6) is -0.217. The lowest BCUT2D eigenvalue weighted by Gasteiger charge is -2.37. The monoisotopic (exact) mass is 224 g/mol. The molecule has 2 unspecified atom stereocenters. The van der Waals surface area contributed by atoms with Gasteiger partial charge in [0, 0.05) is 5.92 Å². The summed E-state index contributed by atoms with van der Waals surface area (Å²) in [7, 11) is 0. The standard InChI is InChI=1S/C14H24O2/c1-5-9-12(13(15)8-4)14(16,10-6-2)11-7-3/h5-7,12-13,15-16H,1-3,8-11H2,4H3. The molecule has 0 saturated carbocycles. The van der Waals surface area contributed by atoms with Crippen molar-refractivity contribution in [3.63, 3.8) is 0 Å². The molecular weight excluding hydrogens is 200 g/mol. The first-order chi connectivity index (χ1) is 7.55. The molecule has 0 aromatic carbocycles. The third kappa shape index (κ3) is 3.95. The van der Waals surface area contributed by atoms with Gasteiger partial charge in [0.05, 0.1) is 11.7 Å². The van der Waals surface area contributed by atoms with E-state index in [-0.39, 0.29) is 5.92 Å². The van der Waals surface area contributed by atoms with E-state index in [0.29, 0.717) is 25.7 Å². The fourth-order valence-electron chi connectivity index (χ4n) is 2.08. The number of rotatable bonds is 9. The first-order valence-corrected chi connectivity index (χ1v) is 5.78. The van der Waals surface area contributed by atoms with Crippen LogP contribution in [0.3, 0.4) is 0 Å². The first-order valence-electron chi connectivity index (χ1n) is 5.78. The van der Waals surface area contributed by atoms with Crippen LogP contribution in [0.2, 0.25) is 0 Å². The summed E-state index contributed by atoms with van der Waals surface area (Å²) < 4.78 is 0. The maximum absolute atomic E-state index is 10.6. The molecule has 2 heteroatoms. The van der Waals surface area contributed by atoms with Gasteiger partial charge in [0.15, 0.2) is 0 Å². The van der Waals surface area contributed by atoms with E-state index in [1.165, 1.54) is 0 Å². The molecule has 0 aliphatic heterocycles. The lowest BCUT2D eigenvalue weighted by atomic mass is 9.76. The van der Waals surface area contributed by atoms with Crippen LogP contribution in [-0.2, 0) is 0 Å². The average Bonchev–Trinajstić information content (AvgIpc) is 2.25. The van der Waals surface area contributed by atoms with Gasteiger partial charge in [0.25, 0.3) is 0 Å². The van der Waals surface area contributed by atoms with Crippen LogP contribution in [0, 0.1) is 5.92 Å². The highest BCUT2D eigenvalue weighted by Gasteiger charge is 2.37. The zero-order valence-corrected chi connectivity index (χ0v) is 10.2. The van der Waals surface area contributed by atoms with Gasteiger partial charge in [-0.2, -0.15) is 0 Å². The van der Waals surface area contributed by atoms with E-state index >= 15 is 0 Å². The Hall–Kier alpha value is -0.860. The molecule has 0 aliphatic carbocycles. The Labute approximate surface area is 99.0 Å². The van der Waals surface area contributed by atoms with E-state index in [1.54, 1.807) is 18.2 Å². The molecule has 0 aromatic heterocycles. The summed E-state index contributed by atoms with van der Waals surface area (Å²) in [6.07, 6.45) is 6.69. The molecule has 2 atom stereocenters. The Balaban J connectivity index is 4.97. The fourth-order valence-corrected chi connectivity index (χ4v) is 2.08. The molecular formula is C14H24O2. The van der Waals surface area contributed by atoms with Gasteiger partial charge in [-0.25, -0.2) is 0 Å². The normalized spacial score (nSPS) is 15.2. The van der Waals surface area contributed by atoms with Crippen molar-refractivity contribution >= 4 is 0 Å². The van der Waals surface area contributed by atoms with Gasteiger partial charge >= 0.3 is 0 Å². The lowest BCUT2D eigenvalue weighted by Crippen LogP contribution is -2.43. The summed E-state index contributed by atoms with van der Waals surface area (Å²) in [6, 6.07) is 0. The third-order valence-corrected chi connectivity index (χ3v) is 2.99. The molecule has 0 saturated heterocycles. The summed E-state index contributed by atoms with van der Waals surface area (Å²) in [5, 5.41) is 20.5. The minimum absolute atomic E-state index is 0.217. The van der Waals surface area contributed by atoms with Crippen LogP contribution >= 0.6 is 0 Å². The predicted octanol–water partition coefficient (Wildman–Crippen LogP) is 2.83. The smallest absolute Gasteiger partial charge is 0.0771 e. The predicted molar refractivity (Wildman–Crippen MR) is 69.2 cm³/mol. The van der Waals surface area contributed by atoms with Gasteiger partial charge in [-0.15, -0.1) is 19.7 Å². The van der Waals surface area contributed by atoms with Crippen molar-refractivity contribution in [2.75, 3.05) is 0 Å². The highest BCUT2D eigenvalue weighted by atomic mass is 16.3. The van der Waals surface area contributed by atoms with Crippen LogP contribution in [0.1, 0.15) is 32.6 Å². The van der Waals surface area contributed by atoms with Crippen LogP contribution in [0.4, 0.5) is 0 Å². The minimum atomic E-state index is -0.965. The van der Waals surface area contributed by atoms with Crippen molar-refractivity contribution in [3.8, 4) is 0 Å².